The maximum Gasteiger partial charge on any atom is 0.230 e. The van der Waals surface area contributed by atoms with Gasteiger partial charge in [0.1, 0.15) is 0 Å². The normalized spacial score (nSPS) is 19.2. The van der Waals surface area contributed by atoms with E-state index in [0.717, 1.165) is 64.1 Å². The number of aliphatic imine (C=N–C) groups is 1. The van der Waals surface area contributed by atoms with Gasteiger partial charge in [-0.3, -0.25) is 9.79 Å². The van der Waals surface area contributed by atoms with Crippen LogP contribution in [0.15, 0.2) is 35.3 Å². The van der Waals surface area contributed by atoms with Gasteiger partial charge in [-0.1, -0.05) is 31.0 Å². The maximum atomic E-state index is 12.8. The van der Waals surface area contributed by atoms with E-state index in [0.29, 0.717) is 12.6 Å². The number of nitrogens with one attached hydrogen (secondary N) is 2. The summed E-state index contributed by atoms with van der Waals surface area (Å²) in [4.78, 5) is 21.9. The second-order valence-electron chi connectivity index (χ2n) is 8.62. The Labute approximate surface area is 198 Å². The number of halogens is 1. The first kappa shape index (κ1) is 24.8. The average molecular weight is 527 g/mol. The van der Waals surface area contributed by atoms with Gasteiger partial charge in [0, 0.05) is 45.5 Å². The van der Waals surface area contributed by atoms with Crippen molar-refractivity contribution < 1.29 is 4.79 Å². The second kappa shape index (κ2) is 11.8. The Kier molecular flexibility index (Phi) is 9.71. The number of piperidine rings is 1. The van der Waals surface area contributed by atoms with Gasteiger partial charge in [-0.05, 0) is 44.7 Å². The van der Waals surface area contributed by atoms with Crippen LogP contribution in [0.5, 0.6) is 0 Å². The minimum atomic E-state index is -0.317. The number of anilines is 1. The molecule has 168 valence electrons. The number of benzene rings is 1. The Balaban J connectivity index is 0.00000320. The van der Waals surface area contributed by atoms with Gasteiger partial charge in [0.2, 0.25) is 5.91 Å². The quantitative estimate of drug-likeness (QED) is 0.338. The van der Waals surface area contributed by atoms with Gasteiger partial charge in [0.25, 0.3) is 0 Å². The van der Waals surface area contributed by atoms with Gasteiger partial charge in [0.05, 0.1) is 12.0 Å². The number of rotatable bonds is 6. The Morgan fingerprint density at radius 2 is 1.80 bits per heavy atom. The number of amides is 1. The monoisotopic (exact) mass is 527 g/mol. The van der Waals surface area contributed by atoms with Crippen LogP contribution in [0.4, 0.5) is 5.69 Å². The molecule has 0 bridgehead atoms. The molecule has 2 N–H and O–H groups in total. The highest BCUT2D eigenvalue weighted by Gasteiger charge is 2.42. The third-order valence-corrected chi connectivity index (χ3v) is 6.26. The van der Waals surface area contributed by atoms with E-state index >= 15 is 0 Å². The van der Waals surface area contributed by atoms with Crippen molar-refractivity contribution in [2.24, 2.45) is 10.4 Å². The van der Waals surface area contributed by atoms with Gasteiger partial charge in [-0.15, -0.1) is 24.0 Å². The maximum absolute atomic E-state index is 12.8. The summed E-state index contributed by atoms with van der Waals surface area (Å²) in [6.07, 6.45) is 6.31. The molecule has 0 radical (unpaired) electrons. The van der Waals surface area contributed by atoms with E-state index in [-0.39, 0.29) is 35.3 Å². The third-order valence-electron chi connectivity index (χ3n) is 6.26. The molecule has 0 atom stereocenters. The van der Waals surface area contributed by atoms with E-state index in [2.05, 4.69) is 52.8 Å². The lowest BCUT2D eigenvalue weighted by Crippen LogP contribution is -2.49. The molecule has 1 amide bonds. The van der Waals surface area contributed by atoms with Crippen molar-refractivity contribution in [1.82, 2.24) is 15.5 Å². The summed E-state index contributed by atoms with van der Waals surface area (Å²) in [7, 11) is 3.71. The summed E-state index contributed by atoms with van der Waals surface area (Å²) in [6.45, 7) is 5.57. The highest BCUT2D eigenvalue weighted by atomic mass is 127. The summed E-state index contributed by atoms with van der Waals surface area (Å²) in [5.74, 6) is 1.08. The van der Waals surface area contributed by atoms with E-state index in [1.807, 2.05) is 14.1 Å². The van der Waals surface area contributed by atoms with Crippen LogP contribution in [0.3, 0.4) is 0 Å². The van der Waals surface area contributed by atoms with Crippen molar-refractivity contribution >= 4 is 41.5 Å². The molecule has 1 aliphatic heterocycles. The van der Waals surface area contributed by atoms with Crippen molar-refractivity contribution in [3.63, 3.8) is 0 Å². The zero-order chi connectivity index (χ0) is 20.7. The molecule has 1 aliphatic carbocycles. The van der Waals surface area contributed by atoms with E-state index < -0.39 is 0 Å². The highest BCUT2D eigenvalue weighted by Crippen LogP contribution is 2.39. The number of guanidine groups is 1. The van der Waals surface area contributed by atoms with E-state index in [1.54, 1.807) is 4.90 Å². The van der Waals surface area contributed by atoms with Gasteiger partial charge < -0.3 is 20.4 Å². The molecule has 6 nitrogen and oxygen atoms in total. The molecule has 0 aromatic heterocycles. The van der Waals surface area contributed by atoms with E-state index in [1.165, 1.54) is 5.69 Å². The standard InChI is InChI=1S/C23H37N5O.HI/c1-4-24-22(25-18-23(14-8-9-15-23)21(29)27(2)3)26-19-12-16-28(17-13-19)20-10-6-5-7-11-20;/h5-7,10-11,19H,4,8-9,12-18H2,1-3H3,(H2,24,25,26);1H. The molecule has 1 saturated heterocycles. The van der Waals surface area contributed by atoms with Crippen LogP contribution in [-0.2, 0) is 4.79 Å². The summed E-state index contributed by atoms with van der Waals surface area (Å²) >= 11 is 0. The largest absolute Gasteiger partial charge is 0.371 e. The average Bonchev–Trinajstić information content (AvgIpc) is 3.23. The Morgan fingerprint density at radius 1 is 1.17 bits per heavy atom. The number of nitrogens with zero attached hydrogens (tertiary/aromatic N) is 3. The lowest BCUT2D eigenvalue weighted by Gasteiger charge is -2.35. The van der Waals surface area contributed by atoms with Crippen LogP contribution in [0.25, 0.3) is 0 Å². The molecule has 1 heterocycles. The van der Waals surface area contributed by atoms with Crippen molar-refractivity contribution in [2.75, 3.05) is 45.2 Å². The first-order chi connectivity index (χ1) is 14.0. The van der Waals surface area contributed by atoms with Crippen molar-refractivity contribution in [3.05, 3.63) is 30.3 Å². The van der Waals surface area contributed by atoms with Crippen LogP contribution >= 0.6 is 24.0 Å². The first-order valence-corrected chi connectivity index (χ1v) is 11.1. The number of hydrogen-bond donors (Lipinski definition) is 2. The van der Waals surface area contributed by atoms with Crippen LogP contribution in [0, 0.1) is 5.41 Å². The van der Waals surface area contributed by atoms with Gasteiger partial charge in [-0.25, -0.2) is 0 Å². The summed E-state index contributed by atoms with van der Waals surface area (Å²) in [6, 6.07) is 11.0. The van der Waals surface area contributed by atoms with Gasteiger partial charge in [-0.2, -0.15) is 0 Å². The van der Waals surface area contributed by atoms with E-state index in [4.69, 9.17) is 4.99 Å². The van der Waals surface area contributed by atoms with Crippen molar-refractivity contribution in [1.29, 1.82) is 0 Å². The predicted molar refractivity (Wildman–Crippen MR) is 136 cm³/mol. The molecule has 3 rings (SSSR count). The lowest BCUT2D eigenvalue weighted by atomic mass is 9.85. The molecule has 1 aromatic rings. The fourth-order valence-corrected chi connectivity index (χ4v) is 4.63. The van der Waals surface area contributed by atoms with E-state index in [9.17, 15) is 4.79 Å². The molecule has 2 aliphatic rings. The minimum absolute atomic E-state index is 0. The SMILES string of the molecule is CCNC(=NCC1(C(=O)N(C)C)CCCC1)NC1CCN(c2ccccc2)CC1.I. The fraction of sp³-hybridized carbons (Fsp3) is 0.652. The fourth-order valence-electron chi connectivity index (χ4n) is 4.63. The molecular weight excluding hydrogens is 489 g/mol. The van der Waals surface area contributed by atoms with Gasteiger partial charge in [0.15, 0.2) is 5.96 Å². The Bertz CT molecular complexity index is 680. The summed E-state index contributed by atoms with van der Waals surface area (Å²) in [5, 5.41) is 7.01. The molecule has 1 aromatic carbocycles. The van der Waals surface area contributed by atoms with Crippen molar-refractivity contribution in [2.45, 2.75) is 51.5 Å². The minimum Gasteiger partial charge on any atom is -0.371 e. The highest BCUT2D eigenvalue weighted by molar-refractivity contribution is 14.0. The molecule has 30 heavy (non-hydrogen) atoms. The smallest absolute Gasteiger partial charge is 0.230 e. The van der Waals surface area contributed by atoms with Gasteiger partial charge >= 0.3 is 0 Å². The molecule has 1 saturated carbocycles. The zero-order valence-corrected chi connectivity index (χ0v) is 21.0. The first-order valence-electron chi connectivity index (χ1n) is 11.1. The molecular formula is C23H38IN5O. The number of para-hydroxylation sites is 1. The molecule has 2 fully saturated rings. The Hall–Kier alpha value is -1.51. The van der Waals surface area contributed by atoms with Crippen LogP contribution < -0.4 is 15.5 Å². The van der Waals surface area contributed by atoms with Crippen LogP contribution in [-0.4, -0.2) is 63.1 Å². The number of carbonyl (C=O) groups excluding carboxylic acids is 1. The second-order valence-corrected chi connectivity index (χ2v) is 8.62. The molecule has 0 spiro atoms. The van der Waals surface area contributed by atoms with Crippen molar-refractivity contribution in [3.8, 4) is 0 Å². The number of hydrogen-bond acceptors (Lipinski definition) is 3. The van der Waals surface area contributed by atoms with Crippen LogP contribution in [0.2, 0.25) is 0 Å². The van der Waals surface area contributed by atoms with Crippen LogP contribution in [0.1, 0.15) is 45.4 Å². The summed E-state index contributed by atoms with van der Waals surface area (Å²) in [5.41, 5.74) is 0.986. The zero-order valence-electron chi connectivity index (χ0n) is 18.7. The molecule has 7 heteroatoms. The Morgan fingerprint density at radius 3 is 2.37 bits per heavy atom. The third kappa shape index (κ3) is 6.25. The topological polar surface area (TPSA) is 60.0 Å². The number of carbonyl (C=O) groups is 1. The predicted octanol–water partition coefficient (Wildman–Crippen LogP) is 3.48. The molecule has 0 unspecified atom stereocenters. The lowest BCUT2D eigenvalue weighted by molar-refractivity contribution is -0.138. The summed E-state index contributed by atoms with van der Waals surface area (Å²) < 4.78 is 0.